The van der Waals surface area contributed by atoms with Gasteiger partial charge in [-0.15, -0.1) is 0 Å². The molecule has 0 rings (SSSR count). The lowest BCUT2D eigenvalue weighted by Crippen LogP contribution is -2.28. The van der Waals surface area contributed by atoms with Crippen LogP contribution in [-0.4, -0.2) is 35.6 Å². The Morgan fingerprint density at radius 3 is 1.74 bits per heavy atom. The van der Waals surface area contributed by atoms with Gasteiger partial charge in [-0.25, -0.2) is 0 Å². The van der Waals surface area contributed by atoms with Crippen LogP contribution in [0.1, 0.15) is 168 Å². The molecule has 2 N–H and O–H groups in total. The lowest BCUT2D eigenvalue weighted by Gasteiger charge is -2.15. The van der Waals surface area contributed by atoms with E-state index in [1.165, 1.54) is 44.9 Å². The maximum atomic E-state index is 12.6. The molecule has 6 heteroatoms. The average Bonchev–Trinajstić information content (AvgIpc) is 3.05. The summed E-state index contributed by atoms with van der Waals surface area (Å²) in [4.78, 5) is 34.8. The molecule has 1 amide bonds. The minimum Gasteiger partial charge on any atom is -0.480 e. The van der Waals surface area contributed by atoms with Gasteiger partial charge in [0.15, 0.2) is 0 Å². The number of allylic oxidation sites excluding steroid dienone is 9. The summed E-state index contributed by atoms with van der Waals surface area (Å²) < 4.78 is 5.90. The number of aliphatic carboxylic acids is 1. The number of amides is 1. The smallest absolute Gasteiger partial charge is 0.322 e. The molecule has 0 saturated heterocycles. The van der Waals surface area contributed by atoms with Crippen LogP contribution in [0.2, 0.25) is 0 Å². The van der Waals surface area contributed by atoms with E-state index in [2.05, 4.69) is 79.9 Å². The second-order valence-electron chi connectivity index (χ2n) is 12.4. The fraction of sp³-hybridized carbons (Fsp3) is 0.683. The zero-order chi connectivity index (χ0) is 34.5. The molecule has 0 saturated carbocycles. The first-order chi connectivity index (χ1) is 23.0. The summed E-state index contributed by atoms with van der Waals surface area (Å²) >= 11 is 0. The summed E-state index contributed by atoms with van der Waals surface area (Å²) in [5.41, 5.74) is 0. The molecule has 0 heterocycles. The van der Waals surface area contributed by atoms with E-state index < -0.39 is 5.97 Å². The van der Waals surface area contributed by atoms with Gasteiger partial charge in [-0.2, -0.15) is 0 Å². The molecule has 1 atom stereocenters. The van der Waals surface area contributed by atoms with Crippen LogP contribution in [0, 0.1) is 0 Å². The first-order valence-corrected chi connectivity index (χ1v) is 18.9. The Labute approximate surface area is 288 Å². The number of carboxylic acid groups (broad SMARTS) is 1. The molecule has 0 spiro atoms. The summed E-state index contributed by atoms with van der Waals surface area (Å²) in [5.74, 6) is -1.32. The zero-order valence-corrected chi connectivity index (χ0v) is 30.1. The van der Waals surface area contributed by atoms with E-state index in [9.17, 15) is 14.4 Å². The van der Waals surface area contributed by atoms with Crippen LogP contribution in [0.5, 0.6) is 0 Å². The van der Waals surface area contributed by atoms with Gasteiger partial charge in [-0.05, 0) is 83.1 Å². The largest absolute Gasteiger partial charge is 0.480 e. The van der Waals surface area contributed by atoms with Gasteiger partial charge in [0, 0.05) is 12.8 Å². The quantitative estimate of drug-likeness (QED) is 0.0417. The molecule has 0 aromatic heterocycles. The molecular formula is C41H69NO5. The first kappa shape index (κ1) is 44.1. The van der Waals surface area contributed by atoms with Gasteiger partial charge in [-0.1, -0.05) is 133 Å². The minimum atomic E-state index is -1.02. The topological polar surface area (TPSA) is 92.7 Å². The number of hydrogen-bond acceptors (Lipinski definition) is 4. The maximum Gasteiger partial charge on any atom is 0.322 e. The number of esters is 1. The lowest BCUT2D eigenvalue weighted by molar-refractivity contribution is -0.147. The number of rotatable bonds is 33. The molecule has 0 fully saturated rings. The number of hydrogen-bond donors (Lipinski definition) is 2. The normalized spacial score (nSPS) is 12.7. The summed E-state index contributed by atoms with van der Waals surface area (Å²) in [5, 5.41) is 11.0. The van der Waals surface area contributed by atoms with Crippen molar-refractivity contribution < 1.29 is 24.2 Å². The molecule has 0 bridgehead atoms. The Morgan fingerprint density at radius 2 is 1.11 bits per heavy atom. The van der Waals surface area contributed by atoms with Crippen molar-refractivity contribution in [1.29, 1.82) is 0 Å². The third-order valence-electron chi connectivity index (χ3n) is 7.91. The SMILES string of the molecule is CC/C=C\C/C=C\C/C=C\C/C=C\CCCCC(=O)OC(/C=C\CCCCCCCCC)CCCCCCCCC(=O)NCC(=O)O. The maximum absolute atomic E-state index is 12.6. The predicted octanol–water partition coefficient (Wildman–Crippen LogP) is 11.3. The number of carbonyl (C=O) groups is 3. The Balaban J connectivity index is 4.29. The molecular weight excluding hydrogens is 586 g/mol. The molecule has 0 aliphatic heterocycles. The van der Waals surface area contributed by atoms with Gasteiger partial charge >= 0.3 is 11.9 Å². The third-order valence-corrected chi connectivity index (χ3v) is 7.91. The van der Waals surface area contributed by atoms with Crippen molar-refractivity contribution >= 4 is 17.8 Å². The van der Waals surface area contributed by atoms with Crippen LogP contribution in [-0.2, 0) is 19.1 Å². The van der Waals surface area contributed by atoms with Gasteiger partial charge in [0.05, 0.1) is 0 Å². The van der Waals surface area contributed by atoms with E-state index >= 15 is 0 Å². The van der Waals surface area contributed by atoms with Gasteiger partial charge < -0.3 is 15.2 Å². The predicted molar refractivity (Wildman–Crippen MR) is 198 cm³/mol. The average molecular weight is 656 g/mol. The second kappa shape index (κ2) is 36.0. The van der Waals surface area contributed by atoms with Crippen molar-refractivity contribution in [3.05, 3.63) is 60.8 Å². The van der Waals surface area contributed by atoms with Crippen molar-refractivity contribution in [1.82, 2.24) is 5.32 Å². The number of carboxylic acids is 1. The zero-order valence-electron chi connectivity index (χ0n) is 30.1. The van der Waals surface area contributed by atoms with E-state index in [1.54, 1.807) is 0 Å². The molecule has 0 radical (unpaired) electrons. The van der Waals surface area contributed by atoms with Crippen LogP contribution in [0.15, 0.2) is 60.8 Å². The Hall–Kier alpha value is -2.89. The molecule has 0 aliphatic rings. The van der Waals surface area contributed by atoms with Crippen molar-refractivity contribution in [3.63, 3.8) is 0 Å². The van der Waals surface area contributed by atoms with Crippen molar-refractivity contribution in [2.45, 2.75) is 174 Å². The highest BCUT2D eigenvalue weighted by Gasteiger charge is 2.11. The molecule has 0 aromatic carbocycles. The fourth-order valence-corrected chi connectivity index (χ4v) is 5.12. The van der Waals surface area contributed by atoms with Crippen LogP contribution < -0.4 is 5.32 Å². The third kappa shape index (κ3) is 35.8. The molecule has 268 valence electrons. The second-order valence-corrected chi connectivity index (χ2v) is 12.4. The van der Waals surface area contributed by atoms with Gasteiger partial charge in [0.25, 0.3) is 0 Å². The van der Waals surface area contributed by atoms with Crippen molar-refractivity contribution in [2.24, 2.45) is 0 Å². The highest BCUT2D eigenvalue weighted by atomic mass is 16.5. The Bertz CT molecular complexity index is 902. The van der Waals surface area contributed by atoms with Crippen LogP contribution >= 0.6 is 0 Å². The number of nitrogens with one attached hydrogen (secondary N) is 1. The molecule has 0 aromatic rings. The summed E-state index contributed by atoms with van der Waals surface area (Å²) in [6.45, 7) is 4.08. The highest BCUT2D eigenvalue weighted by Crippen LogP contribution is 2.15. The van der Waals surface area contributed by atoms with E-state index in [-0.39, 0.29) is 24.5 Å². The standard InChI is InChI=1S/C41H69NO5/c1-3-5-7-9-11-13-14-15-16-17-18-20-22-28-32-36-41(46)47-38(33-29-25-21-19-12-10-8-6-4-2)34-30-26-23-24-27-31-35-39(43)42-37-40(44)45/h5,7,11,13,15-16,18,20,29,33,38H,3-4,6,8-10,12,14,17,19,21-28,30-32,34-37H2,1-2H3,(H,42,43)(H,44,45)/b7-5-,13-11-,16-15-,20-18-,33-29-. The lowest BCUT2D eigenvalue weighted by atomic mass is 10.0. The van der Waals surface area contributed by atoms with Crippen molar-refractivity contribution in [3.8, 4) is 0 Å². The molecule has 6 nitrogen and oxygen atoms in total. The van der Waals surface area contributed by atoms with Crippen LogP contribution in [0.25, 0.3) is 0 Å². The molecule has 0 aliphatic carbocycles. The summed E-state index contributed by atoms with van der Waals surface area (Å²) in [6, 6.07) is 0. The summed E-state index contributed by atoms with van der Waals surface area (Å²) in [6.07, 6.45) is 46.4. The van der Waals surface area contributed by atoms with Crippen LogP contribution in [0.4, 0.5) is 0 Å². The number of unbranched alkanes of at least 4 members (excludes halogenated alkanes) is 14. The number of ether oxygens (including phenoxy) is 1. The molecule has 47 heavy (non-hydrogen) atoms. The van der Waals surface area contributed by atoms with Crippen molar-refractivity contribution in [2.75, 3.05) is 6.54 Å². The first-order valence-electron chi connectivity index (χ1n) is 18.9. The molecule has 1 unspecified atom stereocenters. The summed E-state index contributed by atoms with van der Waals surface area (Å²) in [7, 11) is 0. The van der Waals surface area contributed by atoms with E-state index in [4.69, 9.17) is 9.84 Å². The van der Waals surface area contributed by atoms with Gasteiger partial charge in [-0.3, -0.25) is 14.4 Å². The van der Waals surface area contributed by atoms with Gasteiger partial charge in [0.1, 0.15) is 12.6 Å². The fourth-order valence-electron chi connectivity index (χ4n) is 5.12. The monoisotopic (exact) mass is 656 g/mol. The van der Waals surface area contributed by atoms with E-state index in [0.717, 1.165) is 96.3 Å². The van der Waals surface area contributed by atoms with E-state index in [0.29, 0.717) is 12.8 Å². The Morgan fingerprint density at radius 1 is 0.596 bits per heavy atom. The van der Waals surface area contributed by atoms with Crippen LogP contribution in [0.3, 0.4) is 0 Å². The highest BCUT2D eigenvalue weighted by molar-refractivity contribution is 5.80. The Kier molecular flexibility index (Phi) is 33.7. The van der Waals surface area contributed by atoms with Gasteiger partial charge in [0.2, 0.25) is 5.91 Å². The number of carbonyl (C=O) groups excluding carboxylic acids is 2. The minimum absolute atomic E-state index is 0.0955. The van der Waals surface area contributed by atoms with E-state index in [1.807, 2.05) is 0 Å².